The zero-order valence-corrected chi connectivity index (χ0v) is 13.4. The molecule has 4 nitrogen and oxygen atoms in total. The molecular formula is C12H17ClN2O2S2. The van der Waals surface area contributed by atoms with E-state index in [0.717, 1.165) is 0 Å². The van der Waals surface area contributed by atoms with Gasteiger partial charge in [-0.15, -0.1) is 0 Å². The lowest BCUT2D eigenvalue weighted by Crippen LogP contribution is -2.42. The molecule has 0 aliphatic carbocycles. The van der Waals surface area contributed by atoms with Crippen molar-refractivity contribution in [2.75, 3.05) is 0 Å². The van der Waals surface area contributed by atoms with Crippen LogP contribution in [0.4, 0.5) is 0 Å². The molecule has 106 valence electrons. The summed E-state index contributed by atoms with van der Waals surface area (Å²) in [6, 6.07) is 4.46. The fourth-order valence-corrected chi connectivity index (χ4v) is 3.49. The summed E-state index contributed by atoms with van der Waals surface area (Å²) in [6.45, 7) is 5.50. The average Bonchev–Trinajstić information content (AvgIpc) is 2.27. The van der Waals surface area contributed by atoms with Crippen molar-refractivity contribution >= 4 is 38.8 Å². The molecule has 0 radical (unpaired) electrons. The minimum Gasteiger partial charge on any atom is -0.389 e. The maximum Gasteiger partial charge on any atom is 0.242 e. The maximum atomic E-state index is 12.3. The van der Waals surface area contributed by atoms with Crippen molar-refractivity contribution in [3.63, 3.8) is 0 Å². The summed E-state index contributed by atoms with van der Waals surface area (Å²) in [5.41, 5.74) is 5.42. The summed E-state index contributed by atoms with van der Waals surface area (Å²) in [5.74, 6) is 0. The molecule has 0 heterocycles. The second-order valence-electron chi connectivity index (χ2n) is 4.85. The number of rotatable bonds is 5. The summed E-state index contributed by atoms with van der Waals surface area (Å²) in [4.78, 5) is 0.115. The van der Waals surface area contributed by atoms with Gasteiger partial charge < -0.3 is 5.73 Å². The topological polar surface area (TPSA) is 72.2 Å². The minimum atomic E-state index is -3.71. The van der Waals surface area contributed by atoms with Gasteiger partial charge in [-0.25, -0.2) is 13.1 Å². The third-order valence-electron chi connectivity index (χ3n) is 2.80. The van der Waals surface area contributed by atoms with Gasteiger partial charge in [0.25, 0.3) is 0 Å². The van der Waals surface area contributed by atoms with Crippen molar-refractivity contribution in [3.8, 4) is 0 Å². The monoisotopic (exact) mass is 320 g/mol. The van der Waals surface area contributed by atoms with Crippen molar-refractivity contribution in [1.82, 2.24) is 4.72 Å². The van der Waals surface area contributed by atoms with Gasteiger partial charge in [-0.3, -0.25) is 0 Å². The first kappa shape index (κ1) is 16.4. The lowest BCUT2D eigenvalue weighted by molar-refractivity contribution is 0.439. The number of sulfonamides is 1. The lowest BCUT2D eigenvalue weighted by Gasteiger charge is -2.24. The number of nitrogens with one attached hydrogen (secondary N) is 1. The van der Waals surface area contributed by atoms with Gasteiger partial charge in [0.05, 0.1) is 5.02 Å². The third-order valence-corrected chi connectivity index (χ3v) is 5.22. The van der Waals surface area contributed by atoms with Crippen LogP contribution in [0, 0.1) is 0 Å². The summed E-state index contributed by atoms with van der Waals surface area (Å²) in [5, 5.41) is 0.138. The minimum absolute atomic E-state index is 0.0130. The Hall–Kier alpha value is -0.690. The molecule has 0 unspecified atom stereocenters. The standard InChI is InChI=1S/C12H17ClN2O2S2/c1-4-12(2,3)15-19(16,17)10-7-8(11(14)18)5-6-9(10)13/h5-7,15H,4H2,1-3H3,(H2,14,18). The van der Waals surface area contributed by atoms with Crippen LogP contribution in [0.25, 0.3) is 0 Å². The largest absolute Gasteiger partial charge is 0.389 e. The van der Waals surface area contributed by atoms with Crippen molar-refractivity contribution in [1.29, 1.82) is 0 Å². The first-order chi connectivity index (χ1) is 8.59. The van der Waals surface area contributed by atoms with Crippen molar-refractivity contribution < 1.29 is 8.42 Å². The van der Waals surface area contributed by atoms with Crippen LogP contribution < -0.4 is 10.5 Å². The zero-order chi connectivity index (χ0) is 14.8. The van der Waals surface area contributed by atoms with E-state index in [0.29, 0.717) is 12.0 Å². The Labute approximate surface area is 124 Å². The molecule has 1 rings (SSSR count). The summed E-state index contributed by atoms with van der Waals surface area (Å²) in [6.07, 6.45) is 0.652. The first-order valence-electron chi connectivity index (χ1n) is 5.72. The van der Waals surface area contributed by atoms with Crippen LogP contribution in [-0.2, 0) is 10.0 Å². The van der Waals surface area contributed by atoms with Gasteiger partial charge in [0, 0.05) is 11.1 Å². The molecule has 7 heteroatoms. The molecule has 0 fully saturated rings. The smallest absolute Gasteiger partial charge is 0.242 e. The van der Waals surface area contributed by atoms with Gasteiger partial charge in [0.15, 0.2) is 0 Å². The van der Waals surface area contributed by atoms with Gasteiger partial charge in [0.1, 0.15) is 9.88 Å². The molecule has 0 aliphatic heterocycles. The van der Waals surface area contributed by atoms with Gasteiger partial charge >= 0.3 is 0 Å². The van der Waals surface area contributed by atoms with E-state index < -0.39 is 15.6 Å². The highest BCUT2D eigenvalue weighted by molar-refractivity contribution is 7.89. The summed E-state index contributed by atoms with van der Waals surface area (Å²) in [7, 11) is -3.71. The molecule has 0 aromatic heterocycles. The van der Waals surface area contributed by atoms with Gasteiger partial charge in [-0.1, -0.05) is 36.8 Å². The van der Waals surface area contributed by atoms with Crippen LogP contribution in [0.15, 0.2) is 23.1 Å². The predicted molar refractivity (Wildman–Crippen MR) is 82.0 cm³/mol. The second-order valence-corrected chi connectivity index (χ2v) is 7.35. The van der Waals surface area contributed by atoms with Gasteiger partial charge in [-0.05, 0) is 32.4 Å². The molecule has 1 aromatic rings. The number of nitrogens with two attached hydrogens (primary N) is 1. The van der Waals surface area contributed by atoms with Crippen molar-refractivity contribution in [2.24, 2.45) is 5.73 Å². The van der Waals surface area contributed by atoms with Crippen LogP contribution >= 0.6 is 23.8 Å². The van der Waals surface area contributed by atoms with E-state index in [1.54, 1.807) is 19.9 Å². The number of thiocarbonyl (C=S) groups is 1. The van der Waals surface area contributed by atoms with E-state index in [9.17, 15) is 8.42 Å². The number of halogens is 1. The third kappa shape index (κ3) is 4.14. The average molecular weight is 321 g/mol. The zero-order valence-electron chi connectivity index (χ0n) is 11.0. The molecular weight excluding hydrogens is 304 g/mol. The molecule has 1 aromatic carbocycles. The highest BCUT2D eigenvalue weighted by atomic mass is 35.5. The predicted octanol–water partition coefficient (Wildman–Crippen LogP) is 2.44. The maximum absolute atomic E-state index is 12.3. The van der Waals surface area contributed by atoms with Crippen LogP contribution in [0.5, 0.6) is 0 Å². The fraction of sp³-hybridized carbons (Fsp3) is 0.417. The molecule has 0 aliphatic rings. The van der Waals surface area contributed by atoms with Gasteiger partial charge in [-0.2, -0.15) is 0 Å². The van der Waals surface area contributed by atoms with Crippen LogP contribution in [0.1, 0.15) is 32.8 Å². The van der Waals surface area contributed by atoms with Crippen molar-refractivity contribution in [2.45, 2.75) is 37.6 Å². The highest BCUT2D eigenvalue weighted by Gasteiger charge is 2.26. The Balaban J connectivity index is 3.28. The molecule has 0 spiro atoms. The fourth-order valence-electron chi connectivity index (χ4n) is 1.35. The van der Waals surface area contributed by atoms with E-state index in [2.05, 4.69) is 4.72 Å². The molecule has 0 saturated heterocycles. The SMILES string of the molecule is CCC(C)(C)NS(=O)(=O)c1cc(C(N)=S)ccc1Cl. The van der Waals surface area contributed by atoms with E-state index in [4.69, 9.17) is 29.6 Å². The Bertz CT molecular complexity index is 598. The number of benzene rings is 1. The van der Waals surface area contributed by atoms with E-state index >= 15 is 0 Å². The summed E-state index contributed by atoms with van der Waals surface area (Å²) < 4.78 is 27.3. The highest BCUT2D eigenvalue weighted by Crippen LogP contribution is 2.24. The molecule has 19 heavy (non-hydrogen) atoms. The van der Waals surface area contributed by atoms with Gasteiger partial charge in [0.2, 0.25) is 10.0 Å². The van der Waals surface area contributed by atoms with Crippen molar-refractivity contribution in [3.05, 3.63) is 28.8 Å². The Kier molecular flexibility index (Phi) is 4.95. The molecule has 0 bridgehead atoms. The van der Waals surface area contributed by atoms with E-state index in [1.807, 2.05) is 6.92 Å². The van der Waals surface area contributed by atoms with Crippen LogP contribution in [-0.4, -0.2) is 18.9 Å². The second kappa shape index (κ2) is 5.75. The molecule has 0 amide bonds. The normalized spacial score (nSPS) is 12.4. The number of hydrogen-bond donors (Lipinski definition) is 2. The quantitative estimate of drug-likeness (QED) is 0.817. The molecule has 3 N–H and O–H groups in total. The molecule has 0 atom stereocenters. The Morgan fingerprint density at radius 3 is 2.53 bits per heavy atom. The van der Waals surface area contributed by atoms with E-state index in [-0.39, 0.29) is 14.9 Å². The Morgan fingerprint density at radius 2 is 2.05 bits per heavy atom. The van der Waals surface area contributed by atoms with Crippen LogP contribution in [0.2, 0.25) is 5.02 Å². The molecule has 0 saturated carbocycles. The first-order valence-corrected chi connectivity index (χ1v) is 7.99. The number of hydrogen-bond acceptors (Lipinski definition) is 3. The van der Waals surface area contributed by atoms with E-state index in [1.165, 1.54) is 12.1 Å². The Morgan fingerprint density at radius 1 is 1.47 bits per heavy atom. The summed E-state index contributed by atoms with van der Waals surface area (Å²) >= 11 is 10.8. The van der Waals surface area contributed by atoms with Crippen LogP contribution in [0.3, 0.4) is 0 Å². The lowest BCUT2D eigenvalue weighted by atomic mass is 10.0.